The van der Waals surface area contributed by atoms with Crippen LogP contribution in [0.15, 0.2) is 36.8 Å². The molecule has 0 unspecified atom stereocenters. The Morgan fingerprint density at radius 3 is 3.08 bits per heavy atom. The minimum Gasteiger partial charge on any atom is -0.359 e. The molecule has 1 amide bonds. The predicted molar refractivity (Wildman–Crippen MR) is 96.7 cm³/mol. The van der Waals surface area contributed by atoms with Crippen molar-refractivity contribution in [3.8, 4) is 0 Å². The van der Waals surface area contributed by atoms with Crippen molar-refractivity contribution in [3.63, 3.8) is 0 Å². The van der Waals surface area contributed by atoms with E-state index in [4.69, 9.17) is 11.6 Å². The van der Waals surface area contributed by atoms with Crippen LogP contribution in [0, 0.1) is 0 Å². The lowest BCUT2D eigenvalue weighted by Gasteiger charge is -2.09. The van der Waals surface area contributed by atoms with Gasteiger partial charge in [-0.25, -0.2) is 4.98 Å². The van der Waals surface area contributed by atoms with Crippen molar-refractivity contribution < 1.29 is 4.79 Å². The monoisotopic (exact) mass is 355 g/mol. The molecule has 1 aromatic carbocycles. The Morgan fingerprint density at radius 2 is 2.20 bits per heavy atom. The summed E-state index contributed by atoms with van der Waals surface area (Å²) >= 11 is 5.87. The summed E-state index contributed by atoms with van der Waals surface area (Å²) in [6.45, 7) is 0.0324. The molecular weight excluding hydrogens is 342 g/mol. The number of hydrogen-bond acceptors (Lipinski definition) is 5. The van der Waals surface area contributed by atoms with Gasteiger partial charge in [0.2, 0.25) is 11.2 Å². The van der Waals surface area contributed by atoms with Gasteiger partial charge in [-0.15, -0.1) is 0 Å². The number of halogens is 1. The predicted octanol–water partition coefficient (Wildman–Crippen LogP) is 2.55. The minimum atomic E-state index is -0.196. The molecule has 0 aliphatic rings. The van der Waals surface area contributed by atoms with Crippen molar-refractivity contribution in [2.75, 3.05) is 17.2 Å². The number of aromatic amines is 1. The van der Waals surface area contributed by atoms with E-state index in [0.29, 0.717) is 17.0 Å². The number of aryl methyl sites for hydroxylation is 1. The number of carbonyl (C=O) groups excluding carboxylic acids is 1. The molecule has 0 aliphatic carbocycles. The number of H-pyrrole nitrogens is 1. The lowest BCUT2D eigenvalue weighted by Crippen LogP contribution is -2.22. The van der Waals surface area contributed by atoms with Crippen LogP contribution in [-0.2, 0) is 11.8 Å². The van der Waals surface area contributed by atoms with Crippen molar-refractivity contribution in [2.24, 2.45) is 7.05 Å². The number of benzene rings is 1. The SMILES string of the molecule is Cn1ccc2c(NC(=O)CNc3nc(Cl)nc4nc[nH]c34)cccc21. The van der Waals surface area contributed by atoms with E-state index in [0.717, 1.165) is 16.6 Å². The van der Waals surface area contributed by atoms with Gasteiger partial charge in [-0.2, -0.15) is 9.97 Å². The quantitative estimate of drug-likeness (QED) is 0.488. The van der Waals surface area contributed by atoms with Gasteiger partial charge in [0.1, 0.15) is 5.52 Å². The van der Waals surface area contributed by atoms with Crippen LogP contribution < -0.4 is 10.6 Å². The maximum atomic E-state index is 12.3. The van der Waals surface area contributed by atoms with Gasteiger partial charge in [-0.05, 0) is 29.8 Å². The number of fused-ring (bicyclic) bond motifs is 2. The smallest absolute Gasteiger partial charge is 0.243 e. The normalized spacial score (nSPS) is 11.1. The van der Waals surface area contributed by atoms with Crippen molar-refractivity contribution in [2.45, 2.75) is 0 Å². The summed E-state index contributed by atoms with van der Waals surface area (Å²) in [5.41, 5.74) is 2.85. The zero-order valence-corrected chi connectivity index (χ0v) is 14.0. The minimum absolute atomic E-state index is 0.0324. The summed E-state index contributed by atoms with van der Waals surface area (Å²) in [7, 11) is 1.96. The van der Waals surface area contributed by atoms with Gasteiger partial charge in [0, 0.05) is 24.1 Å². The molecule has 0 radical (unpaired) electrons. The Bertz CT molecular complexity index is 1080. The van der Waals surface area contributed by atoms with E-state index in [2.05, 4.69) is 30.6 Å². The molecule has 0 fully saturated rings. The highest BCUT2D eigenvalue weighted by atomic mass is 35.5. The van der Waals surface area contributed by atoms with Crippen LogP contribution in [-0.4, -0.2) is 37.0 Å². The number of hydrogen-bond donors (Lipinski definition) is 3. The third kappa shape index (κ3) is 2.87. The van der Waals surface area contributed by atoms with Crippen LogP contribution in [0.25, 0.3) is 22.1 Å². The molecule has 0 spiro atoms. The van der Waals surface area contributed by atoms with Gasteiger partial charge in [-0.3, -0.25) is 4.79 Å². The van der Waals surface area contributed by atoms with Gasteiger partial charge >= 0.3 is 0 Å². The van der Waals surface area contributed by atoms with E-state index < -0.39 is 0 Å². The summed E-state index contributed by atoms with van der Waals surface area (Å²) in [5.74, 6) is 0.235. The van der Waals surface area contributed by atoms with Crippen molar-refractivity contribution in [1.82, 2.24) is 24.5 Å². The van der Waals surface area contributed by atoms with Crippen molar-refractivity contribution in [1.29, 1.82) is 0 Å². The summed E-state index contributed by atoms with van der Waals surface area (Å²) in [6.07, 6.45) is 3.45. The molecule has 0 aliphatic heterocycles. The lowest BCUT2D eigenvalue weighted by atomic mass is 10.2. The first kappa shape index (κ1) is 15.4. The molecule has 0 bridgehead atoms. The van der Waals surface area contributed by atoms with Crippen LogP contribution in [0.2, 0.25) is 5.28 Å². The largest absolute Gasteiger partial charge is 0.359 e. The molecule has 0 saturated heterocycles. The van der Waals surface area contributed by atoms with Crippen LogP contribution in [0.3, 0.4) is 0 Å². The number of rotatable bonds is 4. The maximum absolute atomic E-state index is 12.3. The van der Waals surface area contributed by atoms with E-state index in [1.807, 2.05) is 42.1 Å². The third-order valence-corrected chi connectivity index (χ3v) is 4.05. The number of imidazole rings is 1. The molecule has 4 aromatic rings. The third-order valence-electron chi connectivity index (χ3n) is 3.88. The molecular formula is C16H14ClN7O. The van der Waals surface area contributed by atoms with E-state index in [9.17, 15) is 4.79 Å². The van der Waals surface area contributed by atoms with Crippen LogP contribution in [0.4, 0.5) is 11.5 Å². The molecule has 126 valence electrons. The number of amides is 1. The molecule has 9 heteroatoms. The first-order chi connectivity index (χ1) is 12.1. The highest BCUT2D eigenvalue weighted by Crippen LogP contribution is 2.24. The van der Waals surface area contributed by atoms with Gasteiger partial charge in [0.05, 0.1) is 18.6 Å². The van der Waals surface area contributed by atoms with Crippen molar-refractivity contribution in [3.05, 3.63) is 42.1 Å². The highest BCUT2D eigenvalue weighted by molar-refractivity contribution is 6.28. The molecule has 4 rings (SSSR count). The average molecular weight is 356 g/mol. The molecule has 3 N–H and O–H groups in total. The number of carbonyl (C=O) groups is 1. The zero-order chi connectivity index (χ0) is 17.4. The number of aromatic nitrogens is 5. The first-order valence-electron chi connectivity index (χ1n) is 7.56. The highest BCUT2D eigenvalue weighted by Gasteiger charge is 2.11. The Hall–Kier alpha value is -3.13. The Labute approximate surface area is 147 Å². The fourth-order valence-corrected chi connectivity index (χ4v) is 2.87. The Balaban J connectivity index is 1.51. The average Bonchev–Trinajstić information content (AvgIpc) is 3.20. The molecule has 3 heterocycles. The molecule has 0 atom stereocenters. The molecule has 25 heavy (non-hydrogen) atoms. The van der Waals surface area contributed by atoms with Crippen LogP contribution in [0.1, 0.15) is 0 Å². The van der Waals surface area contributed by atoms with E-state index in [1.165, 1.54) is 6.33 Å². The number of nitrogens with zero attached hydrogens (tertiary/aromatic N) is 4. The van der Waals surface area contributed by atoms with E-state index in [-0.39, 0.29) is 17.7 Å². The second-order valence-electron chi connectivity index (χ2n) is 5.51. The zero-order valence-electron chi connectivity index (χ0n) is 13.2. The lowest BCUT2D eigenvalue weighted by molar-refractivity contribution is -0.114. The second kappa shape index (κ2) is 6.06. The number of nitrogens with one attached hydrogen (secondary N) is 3. The summed E-state index contributed by atoms with van der Waals surface area (Å²) < 4.78 is 2.00. The molecule has 3 aromatic heterocycles. The van der Waals surface area contributed by atoms with Crippen molar-refractivity contribution >= 4 is 51.1 Å². The fraction of sp³-hybridized carbons (Fsp3) is 0.125. The summed E-state index contributed by atoms with van der Waals surface area (Å²) in [6, 6.07) is 7.75. The summed E-state index contributed by atoms with van der Waals surface area (Å²) in [4.78, 5) is 27.4. The molecule has 0 saturated carbocycles. The Kier molecular flexibility index (Phi) is 3.73. The fourth-order valence-electron chi connectivity index (χ4n) is 2.70. The maximum Gasteiger partial charge on any atom is 0.243 e. The van der Waals surface area contributed by atoms with Gasteiger partial charge < -0.3 is 20.2 Å². The van der Waals surface area contributed by atoms with Gasteiger partial charge in [0.25, 0.3) is 0 Å². The van der Waals surface area contributed by atoms with Crippen LogP contribution >= 0.6 is 11.6 Å². The van der Waals surface area contributed by atoms with Gasteiger partial charge in [0.15, 0.2) is 11.5 Å². The van der Waals surface area contributed by atoms with E-state index in [1.54, 1.807) is 0 Å². The van der Waals surface area contributed by atoms with E-state index >= 15 is 0 Å². The second-order valence-corrected chi connectivity index (χ2v) is 5.85. The first-order valence-corrected chi connectivity index (χ1v) is 7.94. The molecule has 8 nitrogen and oxygen atoms in total. The topological polar surface area (TPSA) is 101 Å². The standard InChI is InChI=1S/C16H14ClN7O/c1-24-6-5-9-10(3-2-4-11(9)24)21-12(25)7-18-14-13-15(20-8-19-13)23-16(17)22-14/h2-6,8H,7H2,1H3,(H,21,25)(H2,18,19,20,22,23). The number of anilines is 2. The Morgan fingerprint density at radius 1 is 1.32 bits per heavy atom. The summed E-state index contributed by atoms with van der Waals surface area (Å²) in [5, 5.41) is 6.92. The van der Waals surface area contributed by atoms with Crippen LogP contribution in [0.5, 0.6) is 0 Å². The van der Waals surface area contributed by atoms with Gasteiger partial charge in [-0.1, -0.05) is 6.07 Å².